The van der Waals surface area contributed by atoms with E-state index >= 15 is 0 Å². The van der Waals surface area contributed by atoms with Gasteiger partial charge in [0.2, 0.25) is 0 Å². The van der Waals surface area contributed by atoms with Gasteiger partial charge in [-0.15, -0.1) is 0 Å². The average Bonchev–Trinajstić information content (AvgIpc) is 3.31. The second-order valence-electron chi connectivity index (χ2n) is 6.15. The second kappa shape index (κ2) is 8.79. The van der Waals surface area contributed by atoms with Crippen molar-refractivity contribution in [2.45, 2.75) is 39.7 Å². The minimum atomic E-state index is 0.796. The molecule has 0 saturated heterocycles. The Balaban J connectivity index is 1.61. The minimum Gasteiger partial charge on any atom is -0.381 e. The zero-order valence-corrected chi connectivity index (χ0v) is 14.1. The van der Waals surface area contributed by atoms with Crippen LogP contribution in [0.15, 0.2) is 23.2 Å². The highest BCUT2D eigenvalue weighted by molar-refractivity contribution is 5.79. The molecule has 0 bridgehead atoms. The summed E-state index contributed by atoms with van der Waals surface area (Å²) in [6, 6.07) is 6.54. The lowest BCUT2D eigenvalue weighted by molar-refractivity contribution is 0.123. The molecule has 122 valence electrons. The van der Waals surface area contributed by atoms with Crippen LogP contribution in [0.25, 0.3) is 0 Å². The molecule has 1 aromatic rings. The first kappa shape index (κ1) is 16.8. The first-order valence-corrected chi connectivity index (χ1v) is 8.27. The summed E-state index contributed by atoms with van der Waals surface area (Å²) < 4.78 is 5.63. The van der Waals surface area contributed by atoms with Crippen molar-refractivity contribution in [3.8, 4) is 0 Å². The van der Waals surface area contributed by atoms with Crippen LogP contribution in [0.1, 0.15) is 36.0 Å². The van der Waals surface area contributed by atoms with Gasteiger partial charge >= 0.3 is 0 Å². The van der Waals surface area contributed by atoms with Gasteiger partial charge in [-0.25, -0.2) is 0 Å². The van der Waals surface area contributed by atoms with E-state index in [0.29, 0.717) is 0 Å². The van der Waals surface area contributed by atoms with Crippen LogP contribution in [0, 0.1) is 19.8 Å². The Bertz CT molecular complexity index is 495. The number of aryl methyl sites for hydroxylation is 2. The Kier molecular flexibility index (Phi) is 6.72. The summed E-state index contributed by atoms with van der Waals surface area (Å²) in [5.74, 6) is 1.70. The lowest BCUT2D eigenvalue weighted by atomic mass is 10.1. The van der Waals surface area contributed by atoms with E-state index in [0.717, 1.165) is 44.6 Å². The fourth-order valence-corrected chi connectivity index (χ4v) is 2.36. The number of ether oxygens (including phenoxy) is 1. The van der Waals surface area contributed by atoms with Crippen molar-refractivity contribution >= 4 is 5.96 Å². The highest BCUT2D eigenvalue weighted by Crippen LogP contribution is 2.28. The van der Waals surface area contributed by atoms with E-state index < -0.39 is 0 Å². The van der Waals surface area contributed by atoms with Crippen molar-refractivity contribution in [2.24, 2.45) is 10.9 Å². The molecular weight excluding hydrogens is 274 g/mol. The van der Waals surface area contributed by atoms with Crippen LogP contribution in [0.3, 0.4) is 0 Å². The number of rotatable bonds is 8. The summed E-state index contributed by atoms with van der Waals surface area (Å²) in [5.41, 5.74) is 3.92. The van der Waals surface area contributed by atoms with Crippen molar-refractivity contribution in [3.05, 3.63) is 34.9 Å². The Labute approximate surface area is 134 Å². The lowest BCUT2D eigenvalue weighted by Gasteiger charge is -2.13. The van der Waals surface area contributed by atoms with Gasteiger partial charge in [0.25, 0.3) is 0 Å². The highest BCUT2D eigenvalue weighted by Gasteiger charge is 2.20. The third-order valence-corrected chi connectivity index (χ3v) is 3.98. The number of aliphatic imine (C=N–C) groups is 1. The van der Waals surface area contributed by atoms with E-state index in [4.69, 9.17) is 4.74 Å². The molecule has 1 aliphatic carbocycles. The van der Waals surface area contributed by atoms with E-state index in [1.54, 1.807) is 7.05 Å². The number of nitrogens with zero attached hydrogens (tertiary/aromatic N) is 1. The Morgan fingerprint density at radius 2 is 2.09 bits per heavy atom. The molecule has 0 aliphatic heterocycles. The number of nitrogens with one attached hydrogen (secondary N) is 2. The van der Waals surface area contributed by atoms with Crippen LogP contribution < -0.4 is 10.6 Å². The number of hydrogen-bond donors (Lipinski definition) is 2. The summed E-state index contributed by atoms with van der Waals surface area (Å²) in [5, 5.41) is 6.70. The standard InChI is InChI=1S/C18H29N3O/c1-14-5-8-17(15(2)11-14)12-21-18(19-3)20-9-4-10-22-13-16-6-7-16/h5,8,11,16H,4,6-7,9-10,12-13H2,1-3H3,(H2,19,20,21). The topological polar surface area (TPSA) is 45.7 Å². The van der Waals surface area contributed by atoms with E-state index in [2.05, 4.69) is 47.7 Å². The quantitative estimate of drug-likeness (QED) is 0.441. The van der Waals surface area contributed by atoms with Crippen molar-refractivity contribution in [2.75, 3.05) is 26.8 Å². The predicted octanol–water partition coefficient (Wildman–Crippen LogP) is 2.79. The first-order chi connectivity index (χ1) is 10.7. The van der Waals surface area contributed by atoms with Crippen molar-refractivity contribution < 1.29 is 4.74 Å². The Hall–Kier alpha value is -1.55. The Morgan fingerprint density at radius 1 is 1.27 bits per heavy atom. The molecule has 0 aromatic heterocycles. The number of benzene rings is 1. The van der Waals surface area contributed by atoms with Crippen LogP contribution in [-0.2, 0) is 11.3 Å². The average molecular weight is 303 g/mol. The summed E-state index contributed by atoms with van der Waals surface area (Å²) in [4.78, 5) is 4.26. The van der Waals surface area contributed by atoms with Crippen molar-refractivity contribution in [1.82, 2.24) is 10.6 Å². The van der Waals surface area contributed by atoms with Crippen LogP contribution >= 0.6 is 0 Å². The maximum absolute atomic E-state index is 5.63. The molecule has 0 radical (unpaired) electrons. The largest absolute Gasteiger partial charge is 0.381 e. The maximum Gasteiger partial charge on any atom is 0.191 e. The van der Waals surface area contributed by atoms with Crippen LogP contribution in [0.5, 0.6) is 0 Å². The molecule has 0 heterocycles. The van der Waals surface area contributed by atoms with E-state index in [-0.39, 0.29) is 0 Å². The molecule has 4 heteroatoms. The third kappa shape index (κ3) is 6.06. The van der Waals surface area contributed by atoms with E-state index in [1.807, 2.05) is 0 Å². The van der Waals surface area contributed by atoms with Gasteiger partial charge in [0.1, 0.15) is 0 Å². The van der Waals surface area contributed by atoms with Gasteiger partial charge in [0, 0.05) is 33.4 Å². The molecule has 1 aliphatic rings. The fraction of sp³-hybridized carbons (Fsp3) is 0.611. The summed E-state index contributed by atoms with van der Waals surface area (Å²) in [6.07, 6.45) is 3.72. The van der Waals surface area contributed by atoms with Gasteiger partial charge in [0.15, 0.2) is 5.96 Å². The molecule has 1 saturated carbocycles. The first-order valence-electron chi connectivity index (χ1n) is 8.27. The summed E-state index contributed by atoms with van der Waals surface area (Å²) in [7, 11) is 1.81. The molecule has 2 rings (SSSR count). The molecule has 4 nitrogen and oxygen atoms in total. The highest BCUT2D eigenvalue weighted by atomic mass is 16.5. The number of guanidine groups is 1. The number of hydrogen-bond acceptors (Lipinski definition) is 2. The Morgan fingerprint density at radius 3 is 2.77 bits per heavy atom. The molecule has 0 amide bonds. The van der Waals surface area contributed by atoms with Gasteiger partial charge < -0.3 is 15.4 Å². The molecule has 0 unspecified atom stereocenters. The van der Waals surface area contributed by atoms with Gasteiger partial charge in [-0.1, -0.05) is 23.8 Å². The smallest absolute Gasteiger partial charge is 0.191 e. The van der Waals surface area contributed by atoms with Gasteiger partial charge in [-0.2, -0.15) is 0 Å². The summed E-state index contributed by atoms with van der Waals surface area (Å²) >= 11 is 0. The monoisotopic (exact) mass is 303 g/mol. The van der Waals surface area contributed by atoms with Gasteiger partial charge in [-0.05, 0) is 50.2 Å². The zero-order valence-electron chi connectivity index (χ0n) is 14.1. The minimum absolute atomic E-state index is 0.796. The normalized spacial score (nSPS) is 15.0. The van der Waals surface area contributed by atoms with Crippen molar-refractivity contribution in [1.29, 1.82) is 0 Å². The van der Waals surface area contributed by atoms with Crippen LogP contribution in [-0.4, -0.2) is 32.8 Å². The molecule has 0 atom stereocenters. The SMILES string of the molecule is CN=C(NCCCOCC1CC1)NCc1ccc(C)cc1C. The lowest BCUT2D eigenvalue weighted by Crippen LogP contribution is -2.37. The third-order valence-electron chi connectivity index (χ3n) is 3.98. The van der Waals surface area contributed by atoms with Crippen LogP contribution in [0.4, 0.5) is 0 Å². The fourth-order valence-electron chi connectivity index (χ4n) is 2.36. The van der Waals surface area contributed by atoms with Crippen molar-refractivity contribution in [3.63, 3.8) is 0 Å². The summed E-state index contributed by atoms with van der Waals surface area (Å²) in [6.45, 7) is 7.73. The van der Waals surface area contributed by atoms with Crippen LogP contribution in [0.2, 0.25) is 0 Å². The molecule has 1 aromatic carbocycles. The maximum atomic E-state index is 5.63. The van der Waals surface area contributed by atoms with E-state index in [9.17, 15) is 0 Å². The molecule has 0 spiro atoms. The van der Waals surface area contributed by atoms with Gasteiger partial charge in [0.05, 0.1) is 0 Å². The second-order valence-corrected chi connectivity index (χ2v) is 6.15. The van der Waals surface area contributed by atoms with E-state index in [1.165, 1.54) is 29.5 Å². The molecule has 2 N–H and O–H groups in total. The van der Waals surface area contributed by atoms with Gasteiger partial charge in [-0.3, -0.25) is 4.99 Å². The predicted molar refractivity (Wildman–Crippen MR) is 92.3 cm³/mol. The molecule has 1 fully saturated rings. The molecule has 22 heavy (non-hydrogen) atoms. The molecular formula is C18H29N3O. The zero-order chi connectivity index (χ0) is 15.8.